The summed E-state index contributed by atoms with van der Waals surface area (Å²) in [5.74, 6) is -0.914. The molecule has 0 radical (unpaired) electrons. The van der Waals surface area contributed by atoms with Crippen LogP contribution in [0.5, 0.6) is 0 Å². The van der Waals surface area contributed by atoms with E-state index in [1.807, 2.05) is 6.07 Å². The first kappa shape index (κ1) is 18.2. The molecule has 2 heterocycles. The molecule has 0 unspecified atom stereocenters. The number of amides is 1. The van der Waals surface area contributed by atoms with E-state index in [9.17, 15) is 9.59 Å². The van der Waals surface area contributed by atoms with Crippen molar-refractivity contribution in [3.8, 4) is 0 Å². The maximum atomic E-state index is 12.4. The molecule has 1 aliphatic heterocycles. The molecular formula is C18H18ClN3O4. The van der Waals surface area contributed by atoms with Gasteiger partial charge in [-0.2, -0.15) is 0 Å². The Morgan fingerprint density at radius 1 is 1.23 bits per heavy atom. The van der Waals surface area contributed by atoms with Crippen molar-refractivity contribution in [3.05, 3.63) is 52.8 Å². The summed E-state index contributed by atoms with van der Waals surface area (Å²) in [6, 6.07) is 8.35. The highest BCUT2D eigenvalue weighted by Crippen LogP contribution is 2.25. The Morgan fingerprint density at radius 3 is 2.65 bits per heavy atom. The number of carbonyl (C=O) groups is 2. The number of hydrogen-bond acceptors (Lipinski definition) is 6. The molecule has 26 heavy (non-hydrogen) atoms. The van der Waals surface area contributed by atoms with Crippen molar-refractivity contribution < 1.29 is 19.1 Å². The molecule has 0 saturated carbocycles. The second-order valence-corrected chi connectivity index (χ2v) is 6.03. The fraction of sp³-hybridized carbons (Fsp3) is 0.278. The number of pyridine rings is 1. The number of aromatic nitrogens is 1. The Balaban J connectivity index is 1.86. The highest BCUT2D eigenvalue weighted by molar-refractivity contribution is 6.29. The zero-order valence-corrected chi connectivity index (χ0v) is 15.0. The summed E-state index contributed by atoms with van der Waals surface area (Å²) in [7, 11) is 1.30. The van der Waals surface area contributed by atoms with E-state index in [1.54, 1.807) is 18.2 Å². The second-order valence-electron chi connectivity index (χ2n) is 5.64. The highest BCUT2D eigenvalue weighted by atomic mass is 35.5. The molecule has 1 saturated heterocycles. The van der Waals surface area contributed by atoms with E-state index in [0.29, 0.717) is 29.6 Å². The molecule has 0 atom stereocenters. The van der Waals surface area contributed by atoms with Crippen LogP contribution in [0.1, 0.15) is 20.7 Å². The van der Waals surface area contributed by atoms with Gasteiger partial charge in [0.05, 0.1) is 37.1 Å². The standard InChI is InChI=1S/C18H18ClN3O4/c1-25-18(24)14-10-13(22-6-8-26-9-7-22)3-4-15(14)21-17(23)12-2-5-16(19)20-11-12/h2-5,10-11H,6-9H2,1H3,(H,21,23). The fourth-order valence-electron chi connectivity index (χ4n) is 2.64. The number of carbonyl (C=O) groups excluding carboxylic acids is 2. The topological polar surface area (TPSA) is 80.8 Å². The van der Waals surface area contributed by atoms with E-state index in [4.69, 9.17) is 21.1 Å². The summed E-state index contributed by atoms with van der Waals surface area (Å²) in [4.78, 5) is 30.6. The molecule has 1 aliphatic rings. The third kappa shape index (κ3) is 4.12. The third-order valence-corrected chi connectivity index (χ3v) is 4.25. The fourth-order valence-corrected chi connectivity index (χ4v) is 2.75. The number of nitrogens with one attached hydrogen (secondary N) is 1. The van der Waals surface area contributed by atoms with E-state index in [1.165, 1.54) is 19.4 Å². The number of benzene rings is 1. The summed E-state index contributed by atoms with van der Waals surface area (Å²) in [5.41, 5.74) is 1.86. The number of hydrogen-bond donors (Lipinski definition) is 1. The average Bonchev–Trinajstić information content (AvgIpc) is 2.68. The molecule has 0 bridgehead atoms. The maximum absolute atomic E-state index is 12.4. The van der Waals surface area contributed by atoms with Gasteiger partial charge in [0, 0.05) is 25.0 Å². The Morgan fingerprint density at radius 2 is 2.00 bits per heavy atom. The Labute approximate surface area is 155 Å². The summed E-state index contributed by atoms with van der Waals surface area (Å²) in [6.07, 6.45) is 1.37. The summed E-state index contributed by atoms with van der Waals surface area (Å²) < 4.78 is 10.2. The highest BCUT2D eigenvalue weighted by Gasteiger charge is 2.19. The summed E-state index contributed by atoms with van der Waals surface area (Å²) in [6.45, 7) is 2.75. The van der Waals surface area contributed by atoms with Gasteiger partial charge in [-0.25, -0.2) is 9.78 Å². The SMILES string of the molecule is COC(=O)c1cc(N2CCOCC2)ccc1NC(=O)c1ccc(Cl)nc1. The smallest absolute Gasteiger partial charge is 0.340 e. The van der Waals surface area contributed by atoms with Crippen molar-refractivity contribution >= 4 is 34.9 Å². The number of nitrogens with zero attached hydrogens (tertiary/aromatic N) is 2. The van der Waals surface area contributed by atoms with Gasteiger partial charge in [-0.3, -0.25) is 4.79 Å². The summed E-state index contributed by atoms with van der Waals surface area (Å²) in [5, 5.41) is 3.02. The van der Waals surface area contributed by atoms with Crippen molar-refractivity contribution in [1.29, 1.82) is 0 Å². The van der Waals surface area contributed by atoms with Crippen molar-refractivity contribution in [1.82, 2.24) is 4.98 Å². The zero-order chi connectivity index (χ0) is 18.5. The molecule has 7 nitrogen and oxygen atoms in total. The lowest BCUT2D eigenvalue weighted by Crippen LogP contribution is -2.36. The lowest BCUT2D eigenvalue weighted by atomic mass is 10.1. The predicted octanol–water partition coefficient (Wildman–Crippen LogP) is 2.61. The first-order chi connectivity index (χ1) is 12.6. The molecule has 0 aliphatic carbocycles. The molecular weight excluding hydrogens is 358 g/mol. The van der Waals surface area contributed by atoms with Gasteiger partial charge >= 0.3 is 5.97 Å². The van der Waals surface area contributed by atoms with Crippen LogP contribution in [-0.4, -0.2) is 50.3 Å². The van der Waals surface area contributed by atoms with Crippen LogP contribution < -0.4 is 10.2 Å². The minimum absolute atomic E-state index is 0.284. The van der Waals surface area contributed by atoms with Gasteiger partial charge in [-0.15, -0.1) is 0 Å². The van der Waals surface area contributed by atoms with Gasteiger partial charge in [0.1, 0.15) is 5.15 Å². The number of esters is 1. The summed E-state index contributed by atoms with van der Waals surface area (Å²) >= 11 is 5.74. The van der Waals surface area contributed by atoms with Crippen molar-refractivity contribution in [2.45, 2.75) is 0 Å². The molecule has 1 amide bonds. The van der Waals surface area contributed by atoms with Crippen LogP contribution in [0.4, 0.5) is 11.4 Å². The maximum Gasteiger partial charge on any atom is 0.340 e. The molecule has 2 aromatic rings. The number of anilines is 2. The number of rotatable bonds is 4. The van der Waals surface area contributed by atoms with Crippen LogP contribution in [0.3, 0.4) is 0 Å². The lowest BCUT2D eigenvalue weighted by molar-refractivity contribution is 0.0602. The monoisotopic (exact) mass is 375 g/mol. The van der Waals surface area contributed by atoms with Crippen molar-refractivity contribution in [3.63, 3.8) is 0 Å². The average molecular weight is 376 g/mol. The van der Waals surface area contributed by atoms with Crippen molar-refractivity contribution in [2.75, 3.05) is 43.6 Å². The largest absolute Gasteiger partial charge is 0.465 e. The zero-order valence-electron chi connectivity index (χ0n) is 14.2. The predicted molar refractivity (Wildman–Crippen MR) is 98.0 cm³/mol. The molecule has 1 aromatic heterocycles. The van der Waals surface area contributed by atoms with Gasteiger partial charge in [-0.05, 0) is 30.3 Å². The molecule has 1 aromatic carbocycles. The quantitative estimate of drug-likeness (QED) is 0.653. The number of morpholine rings is 1. The van der Waals surface area contributed by atoms with Crippen LogP contribution in [0, 0.1) is 0 Å². The number of ether oxygens (including phenoxy) is 2. The van der Waals surface area contributed by atoms with E-state index in [-0.39, 0.29) is 5.56 Å². The van der Waals surface area contributed by atoms with E-state index in [2.05, 4.69) is 15.2 Å². The van der Waals surface area contributed by atoms with Crippen LogP contribution >= 0.6 is 11.6 Å². The Bertz CT molecular complexity index is 805. The van der Waals surface area contributed by atoms with E-state index < -0.39 is 11.9 Å². The van der Waals surface area contributed by atoms with Crippen LogP contribution in [0.2, 0.25) is 5.15 Å². The number of methoxy groups -OCH3 is 1. The van der Waals surface area contributed by atoms with Gasteiger partial charge < -0.3 is 19.7 Å². The normalized spacial score (nSPS) is 14.0. The van der Waals surface area contributed by atoms with Crippen LogP contribution in [0.15, 0.2) is 36.5 Å². The van der Waals surface area contributed by atoms with Gasteiger partial charge in [-0.1, -0.05) is 11.6 Å². The first-order valence-corrected chi connectivity index (χ1v) is 8.44. The Hall–Kier alpha value is -2.64. The minimum Gasteiger partial charge on any atom is -0.465 e. The lowest BCUT2D eigenvalue weighted by Gasteiger charge is -2.29. The second kappa shape index (κ2) is 8.16. The van der Waals surface area contributed by atoms with E-state index in [0.717, 1.165) is 18.8 Å². The molecule has 1 fully saturated rings. The van der Waals surface area contributed by atoms with Crippen molar-refractivity contribution in [2.24, 2.45) is 0 Å². The molecule has 8 heteroatoms. The van der Waals surface area contributed by atoms with Gasteiger partial charge in [0.15, 0.2) is 0 Å². The first-order valence-electron chi connectivity index (χ1n) is 8.06. The molecule has 0 spiro atoms. The minimum atomic E-state index is -0.523. The molecule has 1 N–H and O–H groups in total. The van der Waals surface area contributed by atoms with Gasteiger partial charge in [0.25, 0.3) is 5.91 Å². The Kier molecular flexibility index (Phi) is 5.70. The third-order valence-electron chi connectivity index (χ3n) is 4.02. The molecule has 3 rings (SSSR count). The van der Waals surface area contributed by atoms with Crippen LogP contribution in [0.25, 0.3) is 0 Å². The van der Waals surface area contributed by atoms with Gasteiger partial charge in [0.2, 0.25) is 0 Å². The molecule has 136 valence electrons. The van der Waals surface area contributed by atoms with Crippen LogP contribution in [-0.2, 0) is 9.47 Å². The number of halogens is 1. The van der Waals surface area contributed by atoms with E-state index >= 15 is 0 Å².